The van der Waals surface area contributed by atoms with Gasteiger partial charge in [0.25, 0.3) is 11.6 Å². The van der Waals surface area contributed by atoms with Crippen molar-refractivity contribution >= 4 is 28.3 Å². The van der Waals surface area contributed by atoms with Crippen LogP contribution in [0, 0.1) is 10.1 Å². The maximum atomic E-state index is 12.1. The quantitative estimate of drug-likeness (QED) is 0.436. The minimum atomic E-state index is -0.469. The number of benzene rings is 2. The predicted octanol–water partition coefficient (Wildman–Crippen LogP) is 2.63. The molecule has 1 amide bonds. The molecule has 0 unspecified atom stereocenters. The van der Waals surface area contributed by atoms with Gasteiger partial charge < -0.3 is 4.98 Å². The summed E-state index contributed by atoms with van der Waals surface area (Å²) in [5.74, 6) is -0.354. The summed E-state index contributed by atoms with van der Waals surface area (Å²) in [6.07, 6.45) is 1.56. The van der Waals surface area contributed by atoms with Gasteiger partial charge >= 0.3 is 0 Å². The molecule has 0 bridgehead atoms. The fourth-order valence-corrected chi connectivity index (χ4v) is 2.16. The Morgan fingerprint density at radius 2 is 1.92 bits per heavy atom. The summed E-state index contributed by atoms with van der Waals surface area (Å²) < 4.78 is 0. The van der Waals surface area contributed by atoms with E-state index in [0.717, 1.165) is 11.0 Å². The van der Waals surface area contributed by atoms with Crippen molar-refractivity contribution in [2.75, 3.05) is 0 Å². The van der Waals surface area contributed by atoms with Crippen LogP contribution in [0.3, 0.4) is 0 Å². The first-order valence-electron chi connectivity index (χ1n) is 7.07. The van der Waals surface area contributed by atoms with Gasteiger partial charge in [-0.1, -0.05) is 0 Å². The predicted molar refractivity (Wildman–Crippen MR) is 88.9 cm³/mol. The summed E-state index contributed by atoms with van der Waals surface area (Å²) in [4.78, 5) is 29.3. The van der Waals surface area contributed by atoms with Crippen molar-refractivity contribution in [3.05, 3.63) is 70.0 Å². The molecule has 0 aliphatic rings. The van der Waals surface area contributed by atoms with E-state index in [1.54, 1.807) is 43.6 Å². The van der Waals surface area contributed by atoms with Crippen molar-refractivity contribution in [1.82, 2.24) is 15.4 Å². The van der Waals surface area contributed by atoms with Gasteiger partial charge in [0.2, 0.25) is 0 Å². The number of carbonyl (C=O) groups is 1. The van der Waals surface area contributed by atoms with E-state index in [0.29, 0.717) is 16.8 Å². The number of hydrazone groups is 1. The highest BCUT2D eigenvalue weighted by atomic mass is 16.6. The fraction of sp³-hybridized carbons (Fsp3) is 0.0625. The van der Waals surface area contributed by atoms with Gasteiger partial charge in [-0.3, -0.25) is 14.9 Å². The Balaban J connectivity index is 1.73. The van der Waals surface area contributed by atoms with Crippen molar-refractivity contribution in [3.8, 4) is 0 Å². The molecule has 120 valence electrons. The number of fused-ring (bicyclic) bond motifs is 1. The summed E-state index contributed by atoms with van der Waals surface area (Å²) in [5, 5.41) is 14.7. The summed E-state index contributed by atoms with van der Waals surface area (Å²) in [7, 11) is 0. The van der Waals surface area contributed by atoms with E-state index in [9.17, 15) is 14.9 Å². The van der Waals surface area contributed by atoms with E-state index in [-0.39, 0.29) is 11.6 Å². The lowest BCUT2D eigenvalue weighted by Crippen LogP contribution is -2.19. The molecule has 24 heavy (non-hydrogen) atoms. The van der Waals surface area contributed by atoms with Crippen LogP contribution in [0.5, 0.6) is 0 Å². The highest BCUT2D eigenvalue weighted by molar-refractivity contribution is 6.01. The van der Waals surface area contributed by atoms with Gasteiger partial charge in [0, 0.05) is 17.7 Å². The molecule has 8 nitrogen and oxygen atoms in total. The van der Waals surface area contributed by atoms with E-state index in [4.69, 9.17) is 0 Å². The van der Waals surface area contributed by atoms with Crippen LogP contribution in [0.4, 0.5) is 5.69 Å². The van der Waals surface area contributed by atoms with Gasteiger partial charge in [-0.2, -0.15) is 5.10 Å². The second kappa shape index (κ2) is 6.29. The van der Waals surface area contributed by atoms with Crippen molar-refractivity contribution in [2.45, 2.75) is 6.92 Å². The molecule has 0 atom stereocenters. The van der Waals surface area contributed by atoms with Gasteiger partial charge in [-0.15, -0.1) is 0 Å². The molecular weight excluding hydrogens is 310 g/mol. The standard InChI is InChI=1S/C16H13N5O3/c1-10(11-2-5-13(6-3-11)21(23)24)19-20-16(22)12-4-7-14-15(8-12)18-9-17-14/h2-9H,1H3,(H,17,18)(H,20,22)/b19-10-. The van der Waals surface area contributed by atoms with E-state index >= 15 is 0 Å². The summed E-state index contributed by atoms with van der Waals surface area (Å²) in [5.41, 5.74) is 5.69. The topological polar surface area (TPSA) is 113 Å². The van der Waals surface area contributed by atoms with Gasteiger partial charge in [0.15, 0.2) is 0 Å². The Bertz CT molecular complexity index is 944. The van der Waals surface area contributed by atoms with E-state index in [1.165, 1.54) is 12.1 Å². The number of H-pyrrole nitrogens is 1. The van der Waals surface area contributed by atoms with Crippen LogP contribution in [0.25, 0.3) is 11.0 Å². The zero-order chi connectivity index (χ0) is 17.1. The number of hydrogen-bond donors (Lipinski definition) is 2. The molecule has 0 aliphatic heterocycles. The largest absolute Gasteiger partial charge is 0.345 e. The van der Waals surface area contributed by atoms with Gasteiger partial charge in [0.1, 0.15) is 0 Å². The number of aromatic nitrogens is 2. The van der Waals surface area contributed by atoms with Crippen LogP contribution in [0.1, 0.15) is 22.8 Å². The van der Waals surface area contributed by atoms with E-state index < -0.39 is 4.92 Å². The number of amides is 1. The number of nitro groups is 1. The molecule has 2 N–H and O–H groups in total. The van der Waals surface area contributed by atoms with Gasteiger partial charge in [-0.05, 0) is 42.8 Å². The Morgan fingerprint density at radius 3 is 2.62 bits per heavy atom. The molecule has 3 rings (SSSR count). The van der Waals surface area contributed by atoms with E-state index in [2.05, 4.69) is 20.5 Å². The average Bonchev–Trinajstić information content (AvgIpc) is 3.07. The smallest absolute Gasteiger partial charge is 0.271 e. The molecule has 1 heterocycles. The van der Waals surface area contributed by atoms with Crippen molar-refractivity contribution in [3.63, 3.8) is 0 Å². The number of hydrogen-bond acceptors (Lipinski definition) is 5. The number of carbonyl (C=O) groups excluding carboxylic acids is 1. The second-order valence-electron chi connectivity index (χ2n) is 5.08. The van der Waals surface area contributed by atoms with Crippen molar-refractivity contribution in [1.29, 1.82) is 0 Å². The lowest BCUT2D eigenvalue weighted by atomic mass is 10.1. The molecule has 0 aliphatic carbocycles. The number of rotatable bonds is 4. The third-order valence-corrected chi connectivity index (χ3v) is 3.50. The van der Waals surface area contributed by atoms with Crippen LogP contribution in [-0.2, 0) is 0 Å². The fourth-order valence-electron chi connectivity index (χ4n) is 2.16. The Hall–Kier alpha value is -3.55. The third kappa shape index (κ3) is 3.12. The molecule has 0 radical (unpaired) electrons. The van der Waals surface area contributed by atoms with Crippen LogP contribution >= 0.6 is 0 Å². The zero-order valence-corrected chi connectivity index (χ0v) is 12.7. The first-order chi connectivity index (χ1) is 11.5. The molecule has 3 aromatic rings. The molecule has 2 aromatic carbocycles. The Kier molecular flexibility index (Phi) is 4.02. The maximum Gasteiger partial charge on any atom is 0.271 e. The van der Waals surface area contributed by atoms with Crippen LogP contribution in [0.2, 0.25) is 0 Å². The first-order valence-corrected chi connectivity index (χ1v) is 7.07. The number of nitrogens with zero attached hydrogens (tertiary/aromatic N) is 3. The molecule has 1 aromatic heterocycles. The number of nitrogens with one attached hydrogen (secondary N) is 2. The number of aromatic amines is 1. The molecule has 8 heteroatoms. The molecule has 0 saturated carbocycles. The number of imidazole rings is 1. The Labute approximate surface area is 136 Å². The first kappa shape index (κ1) is 15.3. The lowest BCUT2D eigenvalue weighted by Gasteiger charge is -2.03. The average molecular weight is 323 g/mol. The number of nitro benzene ring substituents is 1. The minimum Gasteiger partial charge on any atom is -0.345 e. The highest BCUT2D eigenvalue weighted by Crippen LogP contribution is 2.13. The van der Waals surface area contributed by atoms with Crippen LogP contribution in [0.15, 0.2) is 53.9 Å². The summed E-state index contributed by atoms with van der Waals surface area (Å²) in [6, 6.07) is 11.0. The molecular formula is C16H13N5O3. The molecule has 0 spiro atoms. The zero-order valence-electron chi connectivity index (χ0n) is 12.7. The number of non-ortho nitro benzene ring substituents is 1. The monoisotopic (exact) mass is 323 g/mol. The normalized spacial score (nSPS) is 11.5. The SMILES string of the molecule is C/C(=N/NC(=O)c1ccc2nc[nH]c2c1)c1ccc([N+](=O)[O-])cc1. The highest BCUT2D eigenvalue weighted by Gasteiger charge is 2.08. The van der Waals surface area contributed by atoms with Crippen molar-refractivity contribution in [2.24, 2.45) is 5.10 Å². The van der Waals surface area contributed by atoms with E-state index in [1.807, 2.05) is 0 Å². The molecule has 0 saturated heterocycles. The van der Waals surface area contributed by atoms with Crippen LogP contribution < -0.4 is 5.43 Å². The van der Waals surface area contributed by atoms with Gasteiger partial charge in [0.05, 0.1) is 28.0 Å². The third-order valence-electron chi connectivity index (χ3n) is 3.50. The summed E-state index contributed by atoms with van der Waals surface area (Å²) >= 11 is 0. The summed E-state index contributed by atoms with van der Waals surface area (Å²) in [6.45, 7) is 1.71. The van der Waals surface area contributed by atoms with Crippen molar-refractivity contribution < 1.29 is 9.72 Å². The van der Waals surface area contributed by atoms with Crippen LogP contribution in [-0.4, -0.2) is 26.5 Å². The maximum absolute atomic E-state index is 12.1. The van der Waals surface area contributed by atoms with Gasteiger partial charge in [-0.25, -0.2) is 10.4 Å². The lowest BCUT2D eigenvalue weighted by molar-refractivity contribution is -0.384. The minimum absolute atomic E-state index is 0.00319. The molecule has 0 fully saturated rings. The second-order valence-corrected chi connectivity index (χ2v) is 5.08. The Morgan fingerprint density at radius 1 is 1.21 bits per heavy atom.